The van der Waals surface area contributed by atoms with Gasteiger partial charge in [-0.2, -0.15) is 0 Å². The Morgan fingerprint density at radius 1 is 1.14 bits per heavy atom. The number of allylic oxidation sites excluding steroid dienone is 4. The minimum absolute atomic E-state index is 0.00184. The number of nitrogens with zero attached hydrogens (tertiary/aromatic N) is 1. The molecule has 21 heavy (non-hydrogen) atoms. The van der Waals surface area contributed by atoms with Crippen molar-refractivity contribution in [3.8, 4) is 0 Å². The lowest BCUT2D eigenvalue weighted by Gasteiger charge is -1.99. The molecule has 0 aromatic heterocycles. The van der Waals surface area contributed by atoms with Crippen LogP contribution in [-0.4, -0.2) is 4.92 Å². The van der Waals surface area contributed by atoms with E-state index < -0.39 is 4.92 Å². The molecule has 0 N–H and O–H groups in total. The molecule has 0 atom stereocenters. The van der Waals surface area contributed by atoms with Crippen molar-refractivity contribution in [1.29, 1.82) is 0 Å². The molecule has 0 radical (unpaired) electrons. The summed E-state index contributed by atoms with van der Waals surface area (Å²) in [6.07, 6.45) is 4.41. The van der Waals surface area contributed by atoms with E-state index in [1.165, 1.54) is 12.2 Å². The maximum absolute atomic E-state index is 10.5. The second-order valence-electron chi connectivity index (χ2n) is 3.25. The van der Waals surface area contributed by atoms with Crippen LogP contribution < -0.4 is 0 Å². The van der Waals surface area contributed by atoms with Crippen molar-refractivity contribution in [2.24, 2.45) is 0 Å². The van der Waals surface area contributed by atoms with Crippen LogP contribution in [0.4, 0.5) is 0 Å². The second-order valence-corrected chi connectivity index (χ2v) is 4.56. The Morgan fingerprint density at radius 2 is 1.67 bits per heavy atom. The normalized spacial score (nSPS) is 10.5. The van der Waals surface area contributed by atoms with Gasteiger partial charge < -0.3 is 0 Å². The summed E-state index contributed by atoms with van der Waals surface area (Å²) in [4.78, 5) is 12.2. The minimum Gasteiger partial charge on any atom is -0.258 e. The Bertz CT molecular complexity index is 465. The topological polar surface area (TPSA) is 43.1 Å². The van der Waals surface area contributed by atoms with Gasteiger partial charge in [-0.15, -0.1) is 0 Å². The third-order valence-corrected chi connectivity index (χ3v) is 2.90. The molecule has 0 amide bonds. The molecule has 1 aromatic carbocycles. The van der Waals surface area contributed by atoms with Crippen molar-refractivity contribution >= 4 is 11.8 Å². The van der Waals surface area contributed by atoms with Crippen molar-refractivity contribution < 1.29 is 4.92 Å². The zero-order valence-corrected chi connectivity index (χ0v) is 14.3. The summed E-state index contributed by atoms with van der Waals surface area (Å²) >= 11 is 1.57. The van der Waals surface area contributed by atoms with Crippen molar-refractivity contribution in [3.05, 3.63) is 75.9 Å². The maximum Gasteiger partial charge on any atom is 0.268 e. The van der Waals surface area contributed by atoms with Crippen molar-refractivity contribution in [1.82, 2.24) is 0 Å². The fraction of sp³-hybridized carbons (Fsp3) is 0.294. The van der Waals surface area contributed by atoms with Crippen LogP contribution in [-0.2, 0) is 0 Å². The number of thioether (sulfide) groups is 1. The molecule has 0 fully saturated rings. The summed E-state index contributed by atoms with van der Waals surface area (Å²) in [6, 6.07) is 9.85. The molecule has 0 aliphatic rings. The molecular formula is C17H25NO2S. The Balaban J connectivity index is 0. The van der Waals surface area contributed by atoms with Crippen molar-refractivity contribution in [2.75, 3.05) is 0 Å². The highest BCUT2D eigenvalue weighted by Crippen LogP contribution is 2.25. The Labute approximate surface area is 132 Å². The van der Waals surface area contributed by atoms with Crippen LogP contribution in [0.2, 0.25) is 0 Å². The van der Waals surface area contributed by atoms with E-state index in [2.05, 4.69) is 6.58 Å². The van der Waals surface area contributed by atoms with E-state index in [1.807, 2.05) is 65.0 Å². The summed E-state index contributed by atoms with van der Waals surface area (Å²) in [5.74, 6) is 0. The molecule has 0 saturated heterocycles. The smallest absolute Gasteiger partial charge is 0.258 e. The Hall–Kier alpha value is -1.81. The standard InChI is InChI=1S/C13H13NO2S.2C2H6/c1-3-12(14(15)16)10-9-11(2)17-13-7-5-4-6-8-13;2*1-2/h3-10H,1H2,2H3;2*1-2H3/b11-9+,12-10+;;. The van der Waals surface area contributed by atoms with Gasteiger partial charge in [-0.1, -0.05) is 64.2 Å². The fourth-order valence-corrected chi connectivity index (χ4v) is 1.92. The molecule has 0 spiro atoms. The third-order valence-electron chi connectivity index (χ3n) is 1.93. The summed E-state index contributed by atoms with van der Waals surface area (Å²) in [6.45, 7) is 13.3. The zero-order valence-electron chi connectivity index (χ0n) is 13.5. The van der Waals surface area contributed by atoms with E-state index >= 15 is 0 Å². The number of nitro groups is 1. The first kappa shape index (κ1) is 21.5. The SMILES string of the molecule is C=C/C(=C\C=C(/C)Sc1ccccc1)[N+](=O)[O-].CC.CC. The van der Waals surface area contributed by atoms with Gasteiger partial charge in [0.25, 0.3) is 5.70 Å². The highest BCUT2D eigenvalue weighted by atomic mass is 32.2. The van der Waals surface area contributed by atoms with Gasteiger partial charge in [-0.25, -0.2) is 0 Å². The minimum atomic E-state index is -0.454. The Morgan fingerprint density at radius 3 is 2.10 bits per heavy atom. The lowest BCUT2D eigenvalue weighted by Crippen LogP contribution is -1.93. The molecule has 0 unspecified atom stereocenters. The first-order valence-corrected chi connectivity index (χ1v) is 7.83. The van der Waals surface area contributed by atoms with E-state index in [4.69, 9.17) is 0 Å². The van der Waals surface area contributed by atoms with E-state index in [0.29, 0.717) is 0 Å². The number of benzene rings is 1. The van der Waals surface area contributed by atoms with Crippen LogP contribution in [0.25, 0.3) is 0 Å². The monoisotopic (exact) mass is 307 g/mol. The van der Waals surface area contributed by atoms with Gasteiger partial charge in [0.1, 0.15) is 0 Å². The summed E-state index contributed by atoms with van der Waals surface area (Å²) in [7, 11) is 0. The van der Waals surface area contributed by atoms with Crippen molar-refractivity contribution in [2.45, 2.75) is 39.5 Å². The van der Waals surface area contributed by atoms with E-state index in [-0.39, 0.29) is 5.70 Å². The van der Waals surface area contributed by atoms with Gasteiger partial charge in [0, 0.05) is 17.0 Å². The zero-order chi connectivity index (χ0) is 16.7. The number of rotatable bonds is 5. The van der Waals surface area contributed by atoms with Gasteiger partial charge in [0.2, 0.25) is 0 Å². The highest BCUT2D eigenvalue weighted by molar-refractivity contribution is 8.03. The summed E-state index contributed by atoms with van der Waals surface area (Å²) < 4.78 is 0. The fourth-order valence-electron chi connectivity index (χ4n) is 1.11. The average Bonchev–Trinajstić information content (AvgIpc) is 2.52. The largest absolute Gasteiger partial charge is 0.268 e. The van der Waals surface area contributed by atoms with Crippen LogP contribution in [0.1, 0.15) is 34.6 Å². The van der Waals surface area contributed by atoms with Gasteiger partial charge >= 0.3 is 0 Å². The predicted molar refractivity (Wildman–Crippen MR) is 94.0 cm³/mol. The van der Waals surface area contributed by atoms with Gasteiger partial charge in [-0.05, 0) is 30.0 Å². The van der Waals surface area contributed by atoms with Gasteiger partial charge in [0.15, 0.2) is 0 Å². The van der Waals surface area contributed by atoms with Crippen LogP contribution in [0.3, 0.4) is 0 Å². The van der Waals surface area contributed by atoms with Crippen LogP contribution in [0, 0.1) is 10.1 Å². The Kier molecular flexibility index (Phi) is 14.9. The average molecular weight is 307 g/mol. The van der Waals surface area contributed by atoms with E-state index in [0.717, 1.165) is 9.80 Å². The van der Waals surface area contributed by atoms with Gasteiger partial charge in [-0.3, -0.25) is 10.1 Å². The van der Waals surface area contributed by atoms with Crippen LogP contribution in [0.5, 0.6) is 0 Å². The molecule has 0 bridgehead atoms. The highest BCUT2D eigenvalue weighted by Gasteiger charge is 2.02. The molecule has 4 heteroatoms. The summed E-state index contributed by atoms with van der Waals surface area (Å²) in [5, 5.41) is 10.5. The first-order valence-electron chi connectivity index (χ1n) is 7.02. The molecule has 0 saturated carbocycles. The lowest BCUT2D eigenvalue weighted by atomic mass is 10.4. The van der Waals surface area contributed by atoms with Crippen LogP contribution >= 0.6 is 11.8 Å². The van der Waals surface area contributed by atoms with Crippen molar-refractivity contribution in [3.63, 3.8) is 0 Å². The summed E-state index contributed by atoms with van der Waals surface area (Å²) in [5.41, 5.74) is -0.00184. The molecule has 1 rings (SSSR count). The number of hydrogen-bond donors (Lipinski definition) is 0. The second kappa shape index (κ2) is 14.6. The lowest BCUT2D eigenvalue weighted by molar-refractivity contribution is -0.418. The molecule has 0 aliphatic carbocycles. The van der Waals surface area contributed by atoms with E-state index in [9.17, 15) is 10.1 Å². The molecule has 0 heterocycles. The molecule has 1 aromatic rings. The molecular weight excluding hydrogens is 282 g/mol. The molecule has 0 aliphatic heterocycles. The van der Waals surface area contributed by atoms with Crippen LogP contribution in [0.15, 0.2) is 70.6 Å². The van der Waals surface area contributed by atoms with Gasteiger partial charge in [0.05, 0.1) is 4.92 Å². The molecule has 116 valence electrons. The quantitative estimate of drug-likeness (QED) is 0.286. The maximum atomic E-state index is 10.5. The predicted octanol–water partition coefficient (Wildman–Crippen LogP) is 6.08. The van der Waals surface area contributed by atoms with E-state index in [1.54, 1.807) is 17.8 Å². The first-order chi connectivity index (χ1) is 10.1. The number of hydrogen-bond acceptors (Lipinski definition) is 3. The molecule has 3 nitrogen and oxygen atoms in total. The third kappa shape index (κ3) is 10.6.